The standard InChI is InChI=1S/C8H19NOS/c1-4-6-11(9,10)7-8(3)5-2/h8-9H,4-7H2,1-3H3/t8-,11+/m0/s1. The third-order valence-electron chi connectivity index (χ3n) is 1.78. The van der Waals surface area contributed by atoms with Gasteiger partial charge in [0.2, 0.25) is 0 Å². The van der Waals surface area contributed by atoms with Gasteiger partial charge in [-0.05, 0) is 12.3 Å². The second kappa shape index (κ2) is 4.75. The lowest BCUT2D eigenvalue weighted by atomic mass is 10.2. The van der Waals surface area contributed by atoms with E-state index >= 15 is 0 Å². The van der Waals surface area contributed by atoms with E-state index in [4.69, 9.17) is 4.78 Å². The third kappa shape index (κ3) is 5.24. The van der Waals surface area contributed by atoms with Crippen molar-refractivity contribution in [1.82, 2.24) is 0 Å². The minimum Gasteiger partial charge on any atom is -0.253 e. The zero-order chi connectivity index (χ0) is 8.91. The molecular weight excluding hydrogens is 158 g/mol. The molecular formula is C8H19NOS. The fourth-order valence-electron chi connectivity index (χ4n) is 0.991. The first-order chi connectivity index (χ1) is 5.02. The maximum Gasteiger partial charge on any atom is 0.0444 e. The molecule has 0 spiro atoms. The molecule has 0 aliphatic carbocycles. The van der Waals surface area contributed by atoms with Crippen molar-refractivity contribution in [2.45, 2.75) is 33.6 Å². The zero-order valence-corrected chi connectivity index (χ0v) is 8.54. The number of nitrogens with one attached hydrogen (secondary N) is 1. The summed E-state index contributed by atoms with van der Waals surface area (Å²) < 4.78 is 18.9. The average molecular weight is 177 g/mol. The predicted molar refractivity (Wildman–Crippen MR) is 50.3 cm³/mol. The molecule has 0 unspecified atom stereocenters. The van der Waals surface area contributed by atoms with Crippen molar-refractivity contribution in [2.24, 2.45) is 5.92 Å². The second-order valence-corrected chi connectivity index (χ2v) is 5.56. The fourth-order valence-corrected chi connectivity index (χ4v) is 2.97. The highest BCUT2D eigenvalue weighted by molar-refractivity contribution is 7.92. The molecule has 0 saturated carbocycles. The molecule has 0 radical (unpaired) electrons. The molecule has 0 rings (SSSR count). The molecule has 2 atom stereocenters. The SMILES string of the molecule is CCC[S@@](=N)(=O)C[C@@H](C)CC. The summed E-state index contributed by atoms with van der Waals surface area (Å²) in [5.74, 6) is 1.58. The van der Waals surface area contributed by atoms with Crippen LogP contribution in [0, 0.1) is 10.7 Å². The van der Waals surface area contributed by atoms with E-state index < -0.39 is 9.73 Å². The number of rotatable bonds is 5. The van der Waals surface area contributed by atoms with Gasteiger partial charge >= 0.3 is 0 Å². The van der Waals surface area contributed by atoms with Crippen LogP contribution in [-0.2, 0) is 9.73 Å². The van der Waals surface area contributed by atoms with E-state index in [1.165, 1.54) is 0 Å². The molecule has 0 aliphatic heterocycles. The summed E-state index contributed by atoms with van der Waals surface area (Å²) in [6.07, 6.45) is 1.89. The van der Waals surface area contributed by atoms with Gasteiger partial charge in [-0.15, -0.1) is 0 Å². The van der Waals surface area contributed by atoms with Crippen LogP contribution in [0.25, 0.3) is 0 Å². The van der Waals surface area contributed by atoms with E-state index in [-0.39, 0.29) is 0 Å². The normalized spacial score (nSPS) is 19.2. The van der Waals surface area contributed by atoms with Gasteiger partial charge < -0.3 is 0 Å². The van der Waals surface area contributed by atoms with Gasteiger partial charge in [0, 0.05) is 21.2 Å². The van der Waals surface area contributed by atoms with Crippen LogP contribution in [0.15, 0.2) is 0 Å². The van der Waals surface area contributed by atoms with Gasteiger partial charge in [0.05, 0.1) is 0 Å². The van der Waals surface area contributed by atoms with Gasteiger partial charge in [-0.3, -0.25) is 4.78 Å². The second-order valence-electron chi connectivity index (χ2n) is 3.20. The molecule has 1 N–H and O–H groups in total. The summed E-state index contributed by atoms with van der Waals surface area (Å²) in [7, 11) is -2.24. The highest BCUT2D eigenvalue weighted by atomic mass is 32.2. The summed E-state index contributed by atoms with van der Waals surface area (Å²) in [5, 5.41) is 0. The Morgan fingerprint density at radius 3 is 2.36 bits per heavy atom. The molecule has 0 aliphatic rings. The Morgan fingerprint density at radius 2 is 2.00 bits per heavy atom. The Labute approximate surface area is 70.4 Å². The fraction of sp³-hybridized carbons (Fsp3) is 1.00. The van der Waals surface area contributed by atoms with E-state index in [9.17, 15) is 4.21 Å². The van der Waals surface area contributed by atoms with Gasteiger partial charge in [0.1, 0.15) is 0 Å². The molecule has 0 heterocycles. The first-order valence-electron chi connectivity index (χ1n) is 4.26. The van der Waals surface area contributed by atoms with E-state index in [0.717, 1.165) is 12.8 Å². The number of hydrogen-bond donors (Lipinski definition) is 1. The molecule has 0 aromatic carbocycles. The first kappa shape index (κ1) is 11.0. The van der Waals surface area contributed by atoms with Crippen LogP contribution in [0.1, 0.15) is 33.6 Å². The first-order valence-corrected chi connectivity index (χ1v) is 6.15. The lowest BCUT2D eigenvalue weighted by Gasteiger charge is -2.10. The van der Waals surface area contributed by atoms with Crippen LogP contribution in [0.2, 0.25) is 0 Å². The van der Waals surface area contributed by atoms with E-state index in [1.807, 2.05) is 6.92 Å². The Balaban J connectivity index is 3.92. The smallest absolute Gasteiger partial charge is 0.0444 e. The van der Waals surface area contributed by atoms with Gasteiger partial charge in [0.25, 0.3) is 0 Å². The maximum absolute atomic E-state index is 11.4. The average Bonchev–Trinajstić information content (AvgIpc) is 1.86. The third-order valence-corrected chi connectivity index (χ3v) is 3.96. The highest BCUT2D eigenvalue weighted by Gasteiger charge is 2.09. The van der Waals surface area contributed by atoms with E-state index in [0.29, 0.717) is 17.4 Å². The topological polar surface area (TPSA) is 40.9 Å². The van der Waals surface area contributed by atoms with Gasteiger partial charge in [-0.25, -0.2) is 4.21 Å². The Morgan fingerprint density at radius 1 is 1.45 bits per heavy atom. The molecule has 68 valence electrons. The van der Waals surface area contributed by atoms with Gasteiger partial charge in [-0.2, -0.15) is 0 Å². The largest absolute Gasteiger partial charge is 0.253 e. The Kier molecular flexibility index (Phi) is 4.73. The summed E-state index contributed by atoms with van der Waals surface area (Å²) in [6.45, 7) is 6.11. The molecule has 0 saturated heterocycles. The van der Waals surface area contributed by atoms with Crippen molar-refractivity contribution < 1.29 is 4.21 Å². The quantitative estimate of drug-likeness (QED) is 0.688. The molecule has 0 fully saturated rings. The summed E-state index contributed by atoms with van der Waals surface area (Å²) in [6, 6.07) is 0. The van der Waals surface area contributed by atoms with Crippen LogP contribution in [0.3, 0.4) is 0 Å². The minimum absolute atomic E-state index is 0.437. The lowest BCUT2D eigenvalue weighted by molar-refractivity contribution is 0.609. The van der Waals surface area contributed by atoms with Crippen LogP contribution >= 0.6 is 0 Å². The Bertz CT molecular complexity index is 184. The van der Waals surface area contributed by atoms with Crippen molar-refractivity contribution >= 4 is 9.73 Å². The highest BCUT2D eigenvalue weighted by Crippen LogP contribution is 2.07. The maximum atomic E-state index is 11.4. The van der Waals surface area contributed by atoms with Crippen LogP contribution in [0.4, 0.5) is 0 Å². The van der Waals surface area contributed by atoms with Gasteiger partial charge in [-0.1, -0.05) is 27.2 Å². The van der Waals surface area contributed by atoms with Crippen molar-refractivity contribution in [1.29, 1.82) is 4.78 Å². The molecule has 11 heavy (non-hydrogen) atoms. The van der Waals surface area contributed by atoms with Crippen LogP contribution < -0.4 is 0 Å². The van der Waals surface area contributed by atoms with Gasteiger partial charge in [0.15, 0.2) is 0 Å². The zero-order valence-electron chi connectivity index (χ0n) is 7.72. The summed E-state index contributed by atoms with van der Waals surface area (Å²) in [4.78, 5) is 0. The van der Waals surface area contributed by atoms with E-state index in [2.05, 4.69) is 13.8 Å². The van der Waals surface area contributed by atoms with Crippen LogP contribution in [-0.4, -0.2) is 15.7 Å². The van der Waals surface area contributed by atoms with Crippen molar-refractivity contribution in [2.75, 3.05) is 11.5 Å². The Hall–Kier alpha value is -0.0500. The summed E-state index contributed by atoms with van der Waals surface area (Å²) >= 11 is 0. The molecule has 3 heteroatoms. The minimum atomic E-state index is -2.24. The lowest BCUT2D eigenvalue weighted by Crippen LogP contribution is -2.14. The molecule has 0 bridgehead atoms. The molecule has 0 aromatic heterocycles. The molecule has 2 nitrogen and oxygen atoms in total. The summed E-state index contributed by atoms with van der Waals surface area (Å²) in [5.41, 5.74) is 0. The number of hydrogen-bond acceptors (Lipinski definition) is 2. The molecule has 0 amide bonds. The van der Waals surface area contributed by atoms with Crippen molar-refractivity contribution in [3.05, 3.63) is 0 Å². The monoisotopic (exact) mass is 177 g/mol. The van der Waals surface area contributed by atoms with Crippen LogP contribution in [0.5, 0.6) is 0 Å². The van der Waals surface area contributed by atoms with E-state index in [1.54, 1.807) is 0 Å². The predicted octanol–water partition coefficient (Wildman–Crippen LogP) is 2.49. The van der Waals surface area contributed by atoms with Crippen molar-refractivity contribution in [3.63, 3.8) is 0 Å². The molecule has 0 aromatic rings. The van der Waals surface area contributed by atoms with Crippen molar-refractivity contribution in [3.8, 4) is 0 Å².